The molecular weight excluding hydrogens is 274 g/mol. The maximum Gasteiger partial charge on any atom is 0.196 e. The second-order valence-corrected chi connectivity index (χ2v) is 5.53. The molecular formula is C14H19N3O2S. The largest absolute Gasteiger partial charge is 0.382 e. The molecule has 1 heterocycles. The zero-order valence-electron chi connectivity index (χ0n) is 11.5. The number of H-pyrrole nitrogens is 1. The average molecular weight is 293 g/mol. The van der Waals surface area contributed by atoms with Crippen LogP contribution in [0.5, 0.6) is 0 Å². The number of ether oxygens (including phenoxy) is 1. The molecule has 0 fully saturated rings. The zero-order valence-corrected chi connectivity index (χ0v) is 12.3. The number of para-hydroxylation sites is 1. The van der Waals surface area contributed by atoms with Crippen molar-refractivity contribution in [2.75, 3.05) is 25.1 Å². The van der Waals surface area contributed by atoms with E-state index in [1.165, 1.54) is 0 Å². The molecule has 1 aromatic heterocycles. The van der Waals surface area contributed by atoms with Crippen LogP contribution < -0.4 is 5.32 Å². The Bertz CT molecular complexity index is 543. The molecule has 5 nitrogen and oxygen atoms in total. The molecule has 0 saturated heterocycles. The van der Waals surface area contributed by atoms with Crippen molar-refractivity contribution in [2.45, 2.75) is 17.8 Å². The van der Waals surface area contributed by atoms with Crippen LogP contribution in [0.15, 0.2) is 41.8 Å². The molecule has 1 aromatic carbocycles. The standard InChI is InChI=1S/C14H19N3O2S/c1-2-19-10-9-15-13-6-4-3-5-12(13)11-20(18)14-16-7-8-17-14/h3-8,15H,2,9-11H2,1H3,(H,16,17). The second-order valence-electron chi connectivity index (χ2n) is 4.17. The van der Waals surface area contributed by atoms with Crippen LogP contribution in [0.4, 0.5) is 5.69 Å². The summed E-state index contributed by atoms with van der Waals surface area (Å²) >= 11 is 0. The van der Waals surface area contributed by atoms with Crippen LogP contribution in [0.1, 0.15) is 12.5 Å². The van der Waals surface area contributed by atoms with Crippen molar-refractivity contribution in [3.63, 3.8) is 0 Å². The van der Waals surface area contributed by atoms with Gasteiger partial charge in [0.15, 0.2) is 5.16 Å². The monoisotopic (exact) mass is 293 g/mol. The third-order valence-corrected chi connectivity index (χ3v) is 3.99. The molecule has 2 N–H and O–H groups in total. The fourth-order valence-corrected chi connectivity index (χ4v) is 2.85. The molecule has 0 aliphatic carbocycles. The molecule has 0 amide bonds. The van der Waals surface area contributed by atoms with Gasteiger partial charge in [-0.2, -0.15) is 0 Å². The summed E-state index contributed by atoms with van der Waals surface area (Å²) in [6, 6.07) is 7.87. The molecule has 6 heteroatoms. The van der Waals surface area contributed by atoms with Crippen molar-refractivity contribution in [3.05, 3.63) is 42.2 Å². The summed E-state index contributed by atoms with van der Waals surface area (Å²) in [5.74, 6) is 0.436. The Morgan fingerprint density at radius 2 is 2.25 bits per heavy atom. The molecule has 0 saturated carbocycles. The highest BCUT2D eigenvalue weighted by molar-refractivity contribution is 7.84. The number of aromatic amines is 1. The first-order valence-corrected chi connectivity index (χ1v) is 7.90. The van der Waals surface area contributed by atoms with Gasteiger partial charge in [-0.1, -0.05) is 18.2 Å². The quantitative estimate of drug-likeness (QED) is 0.732. The summed E-state index contributed by atoms with van der Waals surface area (Å²) in [5, 5.41) is 3.82. The smallest absolute Gasteiger partial charge is 0.196 e. The molecule has 0 bridgehead atoms. The van der Waals surface area contributed by atoms with Crippen LogP contribution in [0.2, 0.25) is 0 Å². The molecule has 1 unspecified atom stereocenters. The van der Waals surface area contributed by atoms with Crippen LogP contribution in [0, 0.1) is 0 Å². The number of nitrogens with one attached hydrogen (secondary N) is 2. The first-order valence-electron chi connectivity index (χ1n) is 6.58. The van der Waals surface area contributed by atoms with Crippen LogP contribution in [0.3, 0.4) is 0 Å². The van der Waals surface area contributed by atoms with E-state index in [2.05, 4.69) is 15.3 Å². The van der Waals surface area contributed by atoms with E-state index in [-0.39, 0.29) is 0 Å². The predicted molar refractivity (Wildman–Crippen MR) is 80.1 cm³/mol. The van der Waals surface area contributed by atoms with Gasteiger partial charge in [-0.25, -0.2) is 4.98 Å². The van der Waals surface area contributed by atoms with Gasteiger partial charge in [0.2, 0.25) is 0 Å². The van der Waals surface area contributed by atoms with Gasteiger partial charge in [-0.15, -0.1) is 0 Å². The lowest BCUT2D eigenvalue weighted by atomic mass is 10.2. The maximum absolute atomic E-state index is 12.2. The molecule has 20 heavy (non-hydrogen) atoms. The summed E-state index contributed by atoms with van der Waals surface area (Å²) in [4.78, 5) is 6.92. The number of rotatable bonds is 8. The number of benzene rings is 1. The lowest BCUT2D eigenvalue weighted by molar-refractivity contribution is 0.158. The fraction of sp³-hybridized carbons (Fsp3) is 0.357. The molecule has 108 valence electrons. The zero-order chi connectivity index (χ0) is 14.2. The topological polar surface area (TPSA) is 67.0 Å². The number of hydrogen-bond donors (Lipinski definition) is 2. The molecule has 0 radical (unpaired) electrons. The first-order chi connectivity index (χ1) is 9.81. The number of anilines is 1. The summed E-state index contributed by atoms with van der Waals surface area (Å²) in [5.41, 5.74) is 2.01. The van der Waals surface area contributed by atoms with E-state index in [1.54, 1.807) is 12.4 Å². The molecule has 2 rings (SSSR count). The van der Waals surface area contributed by atoms with E-state index in [0.717, 1.165) is 17.8 Å². The third kappa shape index (κ3) is 4.18. The molecule has 0 spiro atoms. The van der Waals surface area contributed by atoms with Crippen molar-refractivity contribution in [2.24, 2.45) is 0 Å². The van der Waals surface area contributed by atoms with Gasteiger partial charge < -0.3 is 15.0 Å². The fourth-order valence-electron chi connectivity index (χ4n) is 1.81. The van der Waals surface area contributed by atoms with Gasteiger partial charge in [0.25, 0.3) is 0 Å². The van der Waals surface area contributed by atoms with Crippen molar-refractivity contribution >= 4 is 16.5 Å². The van der Waals surface area contributed by atoms with Crippen LogP contribution in [0.25, 0.3) is 0 Å². The van der Waals surface area contributed by atoms with E-state index in [1.807, 2.05) is 31.2 Å². The van der Waals surface area contributed by atoms with E-state index in [4.69, 9.17) is 4.74 Å². The lowest BCUT2D eigenvalue weighted by Crippen LogP contribution is -2.11. The van der Waals surface area contributed by atoms with Gasteiger partial charge >= 0.3 is 0 Å². The Balaban J connectivity index is 1.98. The first kappa shape index (κ1) is 14.7. The predicted octanol–water partition coefficient (Wildman–Crippen LogP) is 2.17. The number of aromatic nitrogens is 2. The Morgan fingerprint density at radius 1 is 1.40 bits per heavy atom. The van der Waals surface area contributed by atoms with Gasteiger partial charge in [0.1, 0.15) is 0 Å². The second kappa shape index (κ2) is 7.81. The third-order valence-electron chi connectivity index (χ3n) is 2.76. The summed E-state index contributed by atoms with van der Waals surface area (Å²) in [6.07, 6.45) is 3.29. The van der Waals surface area contributed by atoms with Crippen LogP contribution in [-0.2, 0) is 21.3 Å². The highest BCUT2D eigenvalue weighted by Gasteiger charge is 2.10. The van der Waals surface area contributed by atoms with Gasteiger partial charge in [0, 0.05) is 31.2 Å². The van der Waals surface area contributed by atoms with Gasteiger partial charge in [0.05, 0.1) is 23.2 Å². The van der Waals surface area contributed by atoms with E-state index in [9.17, 15) is 4.21 Å². The molecule has 2 aromatic rings. The number of imidazole rings is 1. The van der Waals surface area contributed by atoms with Crippen molar-refractivity contribution in [3.8, 4) is 0 Å². The minimum absolute atomic E-state index is 0.436. The normalized spacial score (nSPS) is 12.2. The molecule has 1 atom stereocenters. The minimum atomic E-state index is -1.16. The lowest BCUT2D eigenvalue weighted by Gasteiger charge is -2.11. The van der Waals surface area contributed by atoms with E-state index >= 15 is 0 Å². The highest BCUT2D eigenvalue weighted by atomic mass is 32.2. The summed E-state index contributed by atoms with van der Waals surface area (Å²) in [7, 11) is -1.16. The highest BCUT2D eigenvalue weighted by Crippen LogP contribution is 2.18. The van der Waals surface area contributed by atoms with Crippen LogP contribution >= 0.6 is 0 Å². The number of nitrogens with zero attached hydrogens (tertiary/aromatic N) is 1. The van der Waals surface area contributed by atoms with Gasteiger partial charge in [-0.05, 0) is 18.6 Å². The minimum Gasteiger partial charge on any atom is -0.382 e. The maximum atomic E-state index is 12.2. The molecule has 0 aliphatic rings. The van der Waals surface area contributed by atoms with E-state index in [0.29, 0.717) is 24.1 Å². The number of hydrogen-bond acceptors (Lipinski definition) is 4. The van der Waals surface area contributed by atoms with Gasteiger partial charge in [-0.3, -0.25) is 4.21 Å². The Hall–Kier alpha value is -1.66. The Morgan fingerprint density at radius 3 is 3.00 bits per heavy atom. The van der Waals surface area contributed by atoms with Crippen molar-refractivity contribution in [1.82, 2.24) is 9.97 Å². The SMILES string of the molecule is CCOCCNc1ccccc1CS(=O)c1ncc[nH]1. The summed E-state index contributed by atoms with van der Waals surface area (Å²) < 4.78 is 17.5. The Kier molecular flexibility index (Phi) is 5.76. The molecule has 0 aliphatic heterocycles. The summed E-state index contributed by atoms with van der Waals surface area (Å²) in [6.45, 7) is 4.08. The van der Waals surface area contributed by atoms with Crippen molar-refractivity contribution in [1.29, 1.82) is 0 Å². The van der Waals surface area contributed by atoms with Crippen LogP contribution in [-0.4, -0.2) is 33.9 Å². The van der Waals surface area contributed by atoms with E-state index < -0.39 is 10.8 Å². The van der Waals surface area contributed by atoms with Crippen molar-refractivity contribution < 1.29 is 8.95 Å². The average Bonchev–Trinajstić information content (AvgIpc) is 2.99. The Labute approximate surface area is 121 Å².